The average Bonchev–Trinajstić information content (AvgIpc) is 2.28. The van der Waals surface area contributed by atoms with Crippen LogP contribution >= 0.6 is 11.8 Å². The maximum atomic E-state index is 2.39. The van der Waals surface area contributed by atoms with E-state index in [1.54, 1.807) is 0 Å². The molecule has 0 radical (unpaired) electrons. The third kappa shape index (κ3) is 3.26. The Balaban J connectivity index is 2.18. The zero-order valence-electron chi connectivity index (χ0n) is 11.3. The van der Waals surface area contributed by atoms with Gasteiger partial charge in [0.15, 0.2) is 0 Å². The van der Waals surface area contributed by atoms with E-state index >= 15 is 0 Å². The Labute approximate surface area is 110 Å². The minimum atomic E-state index is 0.383. The molecule has 1 aliphatic heterocycles. The molecular weight excluding hydrogens is 226 g/mol. The van der Waals surface area contributed by atoms with E-state index in [2.05, 4.69) is 74.9 Å². The van der Waals surface area contributed by atoms with Crippen molar-refractivity contribution in [3.05, 3.63) is 35.9 Å². The molecule has 1 heterocycles. The van der Waals surface area contributed by atoms with Gasteiger partial charge in [-0.2, -0.15) is 0 Å². The molecule has 1 saturated heterocycles. The van der Waals surface area contributed by atoms with E-state index in [9.17, 15) is 0 Å². The number of hydrogen-bond donors (Lipinski definition) is 0. The molecule has 0 saturated carbocycles. The van der Waals surface area contributed by atoms with Crippen molar-refractivity contribution < 1.29 is 0 Å². The lowest BCUT2D eigenvalue weighted by Crippen LogP contribution is -2.39. The first-order valence-electron chi connectivity index (χ1n) is 6.37. The third-order valence-electron chi connectivity index (χ3n) is 3.58. The highest BCUT2D eigenvalue weighted by Gasteiger charge is 2.35. The topological polar surface area (TPSA) is 3.24 Å². The lowest BCUT2D eigenvalue weighted by molar-refractivity contribution is 0.239. The Morgan fingerprint density at radius 3 is 2.41 bits per heavy atom. The lowest BCUT2D eigenvalue weighted by atomic mass is 9.94. The molecule has 1 aliphatic rings. The van der Waals surface area contributed by atoms with Gasteiger partial charge in [0.05, 0.1) is 0 Å². The summed E-state index contributed by atoms with van der Waals surface area (Å²) in [5.41, 5.74) is 1.48. The number of benzene rings is 1. The Morgan fingerprint density at radius 2 is 1.82 bits per heavy atom. The monoisotopic (exact) mass is 249 g/mol. The highest BCUT2D eigenvalue weighted by atomic mass is 32.2. The molecule has 1 aromatic carbocycles. The quantitative estimate of drug-likeness (QED) is 0.780. The van der Waals surface area contributed by atoms with Crippen molar-refractivity contribution in [3.8, 4) is 0 Å². The molecule has 0 bridgehead atoms. The van der Waals surface area contributed by atoms with Crippen LogP contribution < -0.4 is 0 Å². The molecule has 0 N–H and O–H groups in total. The van der Waals surface area contributed by atoms with Crippen LogP contribution in [0.3, 0.4) is 0 Å². The van der Waals surface area contributed by atoms with Crippen LogP contribution in [0.2, 0.25) is 0 Å². The van der Waals surface area contributed by atoms with Gasteiger partial charge in [-0.15, -0.1) is 11.8 Å². The van der Waals surface area contributed by atoms with Gasteiger partial charge in [0.1, 0.15) is 0 Å². The smallest absolute Gasteiger partial charge is 0.0317 e. The molecule has 0 aromatic heterocycles. The maximum absolute atomic E-state index is 2.39. The molecule has 1 fully saturated rings. The summed E-state index contributed by atoms with van der Waals surface area (Å²) < 4.78 is 0.383. The van der Waals surface area contributed by atoms with Crippen LogP contribution in [0.15, 0.2) is 30.3 Å². The molecule has 94 valence electrons. The van der Waals surface area contributed by atoms with Crippen molar-refractivity contribution in [2.45, 2.75) is 42.7 Å². The first-order chi connectivity index (χ1) is 7.98. The number of thioether (sulfide) groups is 1. The molecule has 2 atom stereocenters. The summed E-state index contributed by atoms with van der Waals surface area (Å²) in [6, 6.07) is 11.7. The molecule has 0 amide bonds. The van der Waals surface area contributed by atoms with E-state index < -0.39 is 0 Å². The van der Waals surface area contributed by atoms with Gasteiger partial charge < -0.3 is 4.90 Å². The highest BCUT2D eigenvalue weighted by Crippen LogP contribution is 2.49. The van der Waals surface area contributed by atoms with E-state index in [-0.39, 0.29) is 0 Å². The van der Waals surface area contributed by atoms with Crippen molar-refractivity contribution in [1.29, 1.82) is 0 Å². The van der Waals surface area contributed by atoms with Gasteiger partial charge in [-0.25, -0.2) is 0 Å². The first kappa shape index (κ1) is 13.0. The van der Waals surface area contributed by atoms with Gasteiger partial charge in [0, 0.05) is 16.0 Å². The molecule has 2 rings (SSSR count). The molecule has 2 heteroatoms. The van der Waals surface area contributed by atoms with Crippen molar-refractivity contribution >= 4 is 11.8 Å². The molecule has 1 nitrogen and oxygen atoms in total. The van der Waals surface area contributed by atoms with E-state index in [0.29, 0.717) is 16.0 Å². The Hall–Kier alpha value is -0.470. The van der Waals surface area contributed by atoms with Crippen molar-refractivity contribution in [2.24, 2.45) is 0 Å². The van der Waals surface area contributed by atoms with Crippen LogP contribution in [0.5, 0.6) is 0 Å². The second kappa shape index (κ2) is 5.03. The standard InChI is InChI=1S/C15H23NS/c1-15(2)11-13(16(3)4)10-14(17-15)12-8-6-5-7-9-12/h5-9,13-14H,10-11H2,1-4H3/t13-,14-/m0/s1. The van der Waals surface area contributed by atoms with Gasteiger partial charge >= 0.3 is 0 Å². The fraction of sp³-hybridized carbons (Fsp3) is 0.600. The molecule has 0 aliphatic carbocycles. The molecule has 17 heavy (non-hydrogen) atoms. The van der Waals surface area contributed by atoms with Gasteiger partial charge in [0.25, 0.3) is 0 Å². The van der Waals surface area contributed by atoms with Gasteiger partial charge in [-0.1, -0.05) is 44.2 Å². The Kier molecular flexibility index (Phi) is 3.84. The normalized spacial score (nSPS) is 28.3. The van der Waals surface area contributed by atoms with Crippen LogP contribution in [0.1, 0.15) is 37.5 Å². The van der Waals surface area contributed by atoms with Crippen molar-refractivity contribution in [2.75, 3.05) is 14.1 Å². The SMILES string of the molecule is CN(C)[C@H]1C[C@@H](c2ccccc2)SC(C)(C)C1. The van der Waals surface area contributed by atoms with Gasteiger partial charge in [0.2, 0.25) is 0 Å². The third-order valence-corrected chi connectivity index (χ3v) is 5.13. The highest BCUT2D eigenvalue weighted by molar-refractivity contribution is 8.00. The number of rotatable bonds is 2. The van der Waals surface area contributed by atoms with Gasteiger partial charge in [-0.3, -0.25) is 0 Å². The number of hydrogen-bond acceptors (Lipinski definition) is 2. The Bertz CT molecular complexity index is 358. The molecular formula is C15H23NS. The van der Waals surface area contributed by atoms with Crippen molar-refractivity contribution in [3.63, 3.8) is 0 Å². The zero-order chi connectivity index (χ0) is 12.5. The summed E-state index contributed by atoms with van der Waals surface area (Å²) in [7, 11) is 4.41. The van der Waals surface area contributed by atoms with Crippen molar-refractivity contribution in [1.82, 2.24) is 4.90 Å². The summed E-state index contributed by atoms with van der Waals surface area (Å²) in [5, 5.41) is 0.646. The summed E-state index contributed by atoms with van der Waals surface area (Å²) in [6.45, 7) is 4.76. The average molecular weight is 249 g/mol. The van der Waals surface area contributed by atoms with E-state index in [4.69, 9.17) is 0 Å². The van der Waals surface area contributed by atoms with Crippen LogP contribution in [-0.2, 0) is 0 Å². The minimum absolute atomic E-state index is 0.383. The molecule has 0 unspecified atom stereocenters. The molecule has 0 spiro atoms. The summed E-state index contributed by atoms with van der Waals surface area (Å²) >= 11 is 2.14. The van der Waals surface area contributed by atoms with E-state index in [0.717, 1.165) is 0 Å². The van der Waals surface area contributed by atoms with E-state index in [1.807, 2.05) is 0 Å². The number of nitrogens with zero attached hydrogens (tertiary/aromatic N) is 1. The first-order valence-corrected chi connectivity index (χ1v) is 7.25. The fourth-order valence-corrected chi connectivity index (χ4v) is 4.31. The van der Waals surface area contributed by atoms with Crippen LogP contribution in [0.4, 0.5) is 0 Å². The maximum Gasteiger partial charge on any atom is 0.0317 e. The van der Waals surface area contributed by atoms with Crippen LogP contribution in [-0.4, -0.2) is 29.8 Å². The lowest BCUT2D eigenvalue weighted by Gasteiger charge is -2.42. The molecule has 1 aromatic rings. The summed E-state index contributed by atoms with van der Waals surface area (Å²) in [6.07, 6.45) is 2.55. The minimum Gasteiger partial charge on any atom is -0.306 e. The van der Waals surface area contributed by atoms with E-state index in [1.165, 1.54) is 18.4 Å². The summed E-state index contributed by atoms with van der Waals surface area (Å²) in [5.74, 6) is 0. The predicted molar refractivity (Wildman–Crippen MR) is 77.6 cm³/mol. The fourth-order valence-electron chi connectivity index (χ4n) is 2.64. The van der Waals surface area contributed by atoms with Gasteiger partial charge in [-0.05, 0) is 32.5 Å². The zero-order valence-corrected chi connectivity index (χ0v) is 12.1. The predicted octanol–water partition coefficient (Wildman–Crippen LogP) is 3.96. The van der Waals surface area contributed by atoms with Crippen LogP contribution in [0.25, 0.3) is 0 Å². The second-order valence-corrected chi connectivity index (χ2v) is 7.74. The Morgan fingerprint density at radius 1 is 1.18 bits per heavy atom. The largest absolute Gasteiger partial charge is 0.306 e. The second-order valence-electron chi connectivity index (χ2n) is 5.83. The summed E-state index contributed by atoms with van der Waals surface area (Å²) in [4.78, 5) is 2.39. The van der Waals surface area contributed by atoms with Crippen LogP contribution in [0, 0.1) is 0 Å².